The monoisotopic (exact) mass is 701 g/mol. The maximum atomic E-state index is 13.5. The number of thioether (sulfide) groups is 1. The number of thiophene rings is 1. The number of carbonyl (C=O) groups is 4. The third-order valence-corrected chi connectivity index (χ3v) is 10.1. The molecule has 1 aliphatic carbocycles. The number of hydrogen-bond acceptors (Lipinski definition) is 7. The predicted octanol–water partition coefficient (Wildman–Crippen LogP) is 8.38. The zero-order valence-electron chi connectivity index (χ0n) is 26.5. The van der Waals surface area contributed by atoms with Crippen molar-refractivity contribution in [2.24, 2.45) is 0 Å². The predicted molar refractivity (Wildman–Crippen MR) is 194 cm³/mol. The van der Waals surface area contributed by atoms with Gasteiger partial charge in [-0.1, -0.05) is 66.9 Å². The van der Waals surface area contributed by atoms with Gasteiger partial charge in [0.25, 0.3) is 11.8 Å². The largest absolute Gasteiger partial charge is 0.462 e. The Labute approximate surface area is 293 Å². The fourth-order valence-electron chi connectivity index (χ4n) is 5.29. The Morgan fingerprint density at radius 3 is 2.42 bits per heavy atom. The third-order valence-electron chi connectivity index (χ3n) is 7.60. The second kappa shape index (κ2) is 17.1. The molecular weight excluding hydrogens is 666 g/mol. The van der Waals surface area contributed by atoms with Gasteiger partial charge in [-0.3, -0.25) is 14.4 Å². The summed E-state index contributed by atoms with van der Waals surface area (Å²) in [7, 11) is 0. The molecule has 4 aromatic rings. The summed E-state index contributed by atoms with van der Waals surface area (Å²) in [4.78, 5) is 54.4. The third kappa shape index (κ3) is 9.37. The first-order valence-electron chi connectivity index (χ1n) is 15.8. The van der Waals surface area contributed by atoms with Crippen LogP contribution in [0.1, 0.15) is 69.3 Å². The molecule has 0 aliphatic heterocycles. The molecule has 1 heterocycles. The van der Waals surface area contributed by atoms with Crippen molar-refractivity contribution < 1.29 is 23.9 Å². The zero-order chi connectivity index (χ0) is 33.9. The molecule has 3 amide bonds. The molecule has 0 spiro atoms. The maximum Gasteiger partial charge on any atom is 0.341 e. The van der Waals surface area contributed by atoms with Gasteiger partial charge in [0.15, 0.2) is 0 Å². The quantitative estimate of drug-likeness (QED) is 0.0823. The van der Waals surface area contributed by atoms with E-state index >= 15 is 0 Å². The molecule has 0 saturated carbocycles. The zero-order valence-corrected chi connectivity index (χ0v) is 28.9. The molecule has 48 heavy (non-hydrogen) atoms. The van der Waals surface area contributed by atoms with Gasteiger partial charge in [0.2, 0.25) is 5.91 Å². The number of aryl methyl sites for hydroxylation is 1. The lowest BCUT2D eigenvalue weighted by Gasteiger charge is -2.13. The first-order chi connectivity index (χ1) is 23.3. The lowest BCUT2D eigenvalue weighted by molar-refractivity contribution is -0.114. The Balaban J connectivity index is 1.27. The van der Waals surface area contributed by atoms with Crippen LogP contribution in [0.15, 0.2) is 89.5 Å². The summed E-state index contributed by atoms with van der Waals surface area (Å²) < 4.78 is 5.36. The number of amides is 3. The van der Waals surface area contributed by atoms with Crippen LogP contribution in [0.4, 0.5) is 10.7 Å². The highest BCUT2D eigenvalue weighted by Gasteiger charge is 2.26. The van der Waals surface area contributed by atoms with E-state index in [1.807, 2.05) is 6.07 Å². The number of ether oxygens (including phenoxy) is 1. The van der Waals surface area contributed by atoms with Crippen LogP contribution >= 0.6 is 34.7 Å². The lowest BCUT2D eigenvalue weighted by atomic mass is 9.96. The van der Waals surface area contributed by atoms with Crippen molar-refractivity contribution in [2.45, 2.75) is 50.3 Å². The summed E-state index contributed by atoms with van der Waals surface area (Å²) in [6, 6.07) is 22.7. The molecule has 1 aliphatic rings. The van der Waals surface area contributed by atoms with E-state index in [9.17, 15) is 19.2 Å². The van der Waals surface area contributed by atoms with E-state index in [2.05, 4.69) is 16.0 Å². The van der Waals surface area contributed by atoms with Crippen molar-refractivity contribution in [2.75, 3.05) is 23.0 Å². The molecule has 0 atom stereocenters. The summed E-state index contributed by atoms with van der Waals surface area (Å²) in [5.74, 6) is -1.54. The van der Waals surface area contributed by atoms with Crippen LogP contribution in [-0.2, 0) is 27.2 Å². The molecule has 0 bridgehead atoms. The maximum absolute atomic E-state index is 13.5. The fraction of sp³-hybridized carbons (Fsp3) is 0.243. The molecule has 0 saturated heterocycles. The average molecular weight is 702 g/mol. The molecule has 0 radical (unpaired) electrons. The van der Waals surface area contributed by atoms with Crippen LogP contribution in [0.3, 0.4) is 0 Å². The second-order valence-corrected chi connectivity index (χ2v) is 13.6. The smallest absolute Gasteiger partial charge is 0.341 e. The highest BCUT2D eigenvalue weighted by atomic mass is 35.5. The number of esters is 1. The van der Waals surface area contributed by atoms with Crippen LogP contribution in [0.5, 0.6) is 0 Å². The van der Waals surface area contributed by atoms with E-state index in [1.54, 1.807) is 79.7 Å². The van der Waals surface area contributed by atoms with Gasteiger partial charge in [-0.25, -0.2) is 4.79 Å². The van der Waals surface area contributed by atoms with Gasteiger partial charge < -0.3 is 20.7 Å². The Hall–Kier alpha value is -4.38. The highest BCUT2D eigenvalue weighted by Crippen LogP contribution is 2.38. The number of fused-ring (bicyclic) bond motifs is 1. The Bertz CT molecular complexity index is 1820. The van der Waals surface area contributed by atoms with Crippen molar-refractivity contribution in [3.8, 4) is 0 Å². The summed E-state index contributed by atoms with van der Waals surface area (Å²) in [6.07, 6.45) is 7.56. The Morgan fingerprint density at radius 1 is 0.896 bits per heavy atom. The molecule has 8 nitrogen and oxygen atoms in total. The Kier molecular flexibility index (Phi) is 12.5. The standard InChI is InChI=1S/C37H36ClN3O5S2/c1-2-46-37(45)33-28-18-8-3-4-9-20-31(28)48-36(33)41-32(42)23-47-27-17-12-16-26(22-27)39-35(44)30(21-25-15-10-11-19-29(25)38)40-34(43)24-13-6-5-7-14-24/h5-7,10-17,19,21-22H,2-4,8-9,18,20,23H2,1H3,(H,39,44)(H,40,43)(H,41,42)/b30-21+. The van der Waals surface area contributed by atoms with Gasteiger partial charge in [0.1, 0.15) is 10.7 Å². The first-order valence-corrected chi connectivity index (χ1v) is 18.0. The molecule has 3 N–H and O–H groups in total. The Morgan fingerprint density at radius 2 is 1.65 bits per heavy atom. The molecule has 0 unspecified atom stereocenters. The van der Waals surface area contributed by atoms with Crippen molar-refractivity contribution in [3.63, 3.8) is 0 Å². The van der Waals surface area contributed by atoms with Crippen LogP contribution in [0, 0.1) is 0 Å². The topological polar surface area (TPSA) is 114 Å². The normalized spacial score (nSPS) is 13.0. The number of hydrogen-bond donors (Lipinski definition) is 3. The number of halogens is 1. The lowest BCUT2D eigenvalue weighted by Crippen LogP contribution is -2.30. The van der Waals surface area contributed by atoms with Gasteiger partial charge >= 0.3 is 5.97 Å². The highest BCUT2D eigenvalue weighted by molar-refractivity contribution is 8.00. The fourth-order valence-corrected chi connectivity index (χ4v) is 7.53. The molecule has 0 fully saturated rings. The molecule has 248 valence electrons. The van der Waals surface area contributed by atoms with Gasteiger partial charge in [0, 0.05) is 26.0 Å². The van der Waals surface area contributed by atoms with E-state index in [0.717, 1.165) is 53.9 Å². The minimum absolute atomic E-state index is 0.0110. The van der Waals surface area contributed by atoms with Crippen LogP contribution in [0.25, 0.3) is 6.08 Å². The van der Waals surface area contributed by atoms with E-state index < -0.39 is 17.8 Å². The second-order valence-electron chi connectivity index (χ2n) is 11.1. The van der Waals surface area contributed by atoms with Crippen LogP contribution in [0.2, 0.25) is 5.02 Å². The summed E-state index contributed by atoms with van der Waals surface area (Å²) in [5.41, 5.74) is 2.95. The van der Waals surface area contributed by atoms with E-state index in [1.165, 1.54) is 29.2 Å². The van der Waals surface area contributed by atoms with Crippen LogP contribution in [-0.4, -0.2) is 36.1 Å². The van der Waals surface area contributed by atoms with Crippen molar-refractivity contribution in [3.05, 3.63) is 117 Å². The SMILES string of the molecule is CCOC(=O)c1c(NC(=O)CSc2cccc(NC(=O)/C(=C\c3ccccc3Cl)NC(=O)c3ccccc3)c2)sc2c1CCCCCC2. The molecular formula is C37H36ClN3O5S2. The minimum Gasteiger partial charge on any atom is -0.462 e. The summed E-state index contributed by atoms with van der Waals surface area (Å²) in [5, 5.41) is 9.50. The van der Waals surface area contributed by atoms with E-state index in [-0.39, 0.29) is 24.0 Å². The van der Waals surface area contributed by atoms with Crippen molar-refractivity contribution in [1.82, 2.24) is 5.32 Å². The average Bonchev–Trinajstić information content (AvgIpc) is 3.40. The van der Waals surface area contributed by atoms with Crippen molar-refractivity contribution in [1.29, 1.82) is 0 Å². The minimum atomic E-state index is -0.543. The van der Waals surface area contributed by atoms with Gasteiger partial charge in [0.05, 0.1) is 17.9 Å². The molecule has 1 aromatic heterocycles. The van der Waals surface area contributed by atoms with Crippen LogP contribution < -0.4 is 16.0 Å². The molecule has 3 aromatic carbocycles. The number of rotatable bonds is 11. The molecule has 5 rings (SSSR count). The summed E-state index contributed by atoms with van der Waals surface area (Å²) >= 11 is 9.12. The number of nitrogens with one attached hydrogen (secondary N) is 3. The van der Waals surface area contributed by atoms with Gasteiger partial charge in [-0.05, 0) is 86.2 Å². The molecule has 11 heteroatoms. The van der Waals surface area contributed by atoms with Gasteiger partial charge in [-0.2, -0.15) is 0 Å². The number of benzene rings is 3. The number of carbonyl (C=O) groups excluding carboxylic acids is 4. The van der Waals surface area contributed by atoms with Crippen molar-refractivity contribution >= 4 is 75.2 Å². The number of anilines is 2. The first kappa shape index (κ1) is 34.9. The van der Waals surface area contributed by atoms with Gasteiger partial charge in [-0.15, -0.1) is 23.1 Å². The van der Waals surface area contributed by atoms with E-state index in [0.29, 0.717) is 32.4 Å². The van der Waals surface area contributed by atoms with E-state index in [4.69, 9.17) is 16.3 Å². The summed E-state index contributed by atoms with van der Waals surface area (Å²) in [6.45, 7) is 2.03.